The Balaban J connectivity index is 1.91. The van der Waals surface area contributed by atoms with E-state index in [0.29, 0.717) is 21.8 Å². The van der Waals surface area contributed by atoms with Crippen LogP contribution in [0.2, 0.25) is 5.02 Å². The van der Waals surface area contributed by atoms with Crippen LogP contribution in [-0.2, 0) is 4.79 Å². The second kappa shape index (κ2) is 8.59. The molecular weight excluding hydrogens is 366 g/mol. The summed E-state index contributed by atoms with van der Waals surface area (Å²) in [4.78, 5) is 15.1. The fourth-order valence-electron chi connectivity index (χ4n) is 2.45. The lowest BCUT2D eigenvalue weighted by atomic mass is 10.1. The zero-order valence-electron chi connectivity index (χ0n) is 12.8. The standard InChI is InChI=1S/C17H21BrClNO2/c1-2-3-4-5-6-7-11-14(21)22-16-15-12(19)9-8-10-13(15)20-17(16)18/h8-10,20H,2-7,11H2,1H3. The molecule has 5 heteroatoms. The monoisotopic (exact) mass is 385 g/mol. The van der Waals surface area contributed by atoms with Gasteiger partial charge in [-0.2, -0.15) is 0 Å². The molecule has 0 unspecified atom stereocenters. The van der Waals surface area contributed by atoms with E-state index in [9.17, 15) is 4.79 Å². The molecule has 0 saturated heterocycles. The number of carbonyl (C=O) groups excluding carboxylic acids is 1. The minimum atomic E-state index is -0.211. The van der Waals surface area contributed by atoms with E-state index >= 15 is 0 Å². The van der Waals surface area contributed by atoms with Crippen molar-refractivity contribution in [1.82, 2.24) is 4.98 Å². The van der Waals surface area contributed by atoms with Crippen molar-refractivity contribution in [3.05, 3.63) is 27.8 Å². The summed E-state index contributed by atoms with van der Waals surface area (Å²) in [5.41, 5.74) is 0.849. The Morgan fingerprint density at radius 1 is 1.23 bits per heavy atom. The largest absolute Gasteiger partial charge is 0.423 e. The van der Waals surface area contributed by atoms with Crippen LogP contribution >= 0.6 is 27.5 Å². The summed E-state index contributed by atoms with van der Waals surface area (Å²) in [6, 6.07) is 5.54. The number of H-pyrrole nitrogens is 1. The molecule has 0 amide bonds. The molecule has 0 atom stereocenters. The number of esters is 1. The third-order valence-corrected chi connectivity index (χ3v) is 4.51. The van der Waals surface area contributed by atoms with Crippen molar-refractivity contribution >= 4 is 44.4 Å². The number of hydrogen-bond donors (Lipinski definition) is 1. The van der Waals surface area contributed by atoms with E-state index in [1.165, 1.54) is 25.7 Å². The van der Waals surface area contributed by atoms with Crippen molar-refractivity contribution in [3.8, 4) is 5.75 Å². The quantitative estimate of drug-likeness (QED) is 0.431. The molecule has 2 aromatic rings. The number of rotatable bonds is 8. The van der Waals surface area contributed by atoms with Crippen molar-refractivity contribution in [2.75, 3.05) is 0 Å². The Hall–Kier alpha value is -1.00. The topological polar surface area (TPSA) is 42.1 Å². The van der Waals surface area contributed by atoms with Crippen LogP contribution in [0, 0.1) is 0 Å². The van der Waals surface area contributed by atoms with Gasteiger partial charge in [0.05, 0.1) is 15.9 Å². The van der Waals surface area contributed by atoms with E-state index in [2.05, 4.69) is 27.8 Å². The van der Waals surface area contributed by atoms with E-state index in [1.54, 1.807) is 6.07 Å². The molecule has 0 spiro atoms. The van der Waals surface area contributed by atoms with Gasteiger partial charge < -0.3 is 9.72 Å². The third-order valence-electron chi connectivity index (χ3n) is 3.63. The molecule has 120 valence electrons. The fourth-order valence-corrected chi connectivity index (χ4v) is 3.21. The highest BCUT2D eigenvalue weighted by Gasteiger charge is 2.16. The van der Waals surface area contributed by atoms with Gasteiger partial charge in [-0.25, -0.2) is 0 Å². The Bertz CT molecular complexity index is 639. The lowest BCUT2D eigenvalue weighted by molar-refractivity contribution is -0.134. The molecule has 0 radical (unpaired) electrons. The fraction of sp³-hybridized carbons (Fsp3) is 0.471. The number of nitrogens with one attached hydrogen (secondary N) is 1. The van der Waals surface area contributed by atoms with E-state index in [4.69, 9.17) is 16.3 Å². The van der Waals surface area contributed by atoms with E-state index in [0.717, 1.165) is 23.7 Å². The highest BCUT2D eigenvalue weighted by Crippen LogP contribution is 2.38. The average molecular weight is 387 g/mol. The molecule has 1 heterocycles. The van der Waals surface area contributed by atoms with Gasteiger partial charge in [-0.1, -0.05) is 56.7 Å². The number of ether oxygens (including phenoxy) is 1. The summed E-state index contributed by atoms with van der Waals surface area (Å²) in [6.07, 6.45) is 7.32. The molecular formula is C17H21BrClNO2. The molecule has 2 rings (SSSR count). The van der Waals surface area contributed by atoms with Gasteiger partial charge in [0, 0.05) is 6.42 Å². The van der Waals surface area contributed by atoms with Gasteiger partial charge in [0.15, 0.2) is 5.75 Å². The van der Waals surface area contributed by atoms with Crippen molar-refractivity contribution < 1.29 is 9.53 Å². The van der Waals surface area contributed by atoms with Gasteiger partial charge in [-0.3, -0.25) is 4.79 Å². The lowest BCUT2D eigenvalue weighted by Gasteiger charge is -2.05. The van der Waals surface area contributed by atoms with Gasteiger partial charge in [0.1, 0.15) is 4.60 Å². The predicted octanol–water partition coefficient (Wildman–Crippen LogP) is 6.24. The van der Waals surface area contributed by atoms with Gasteiger partial charge in [-0.05, 0) is 34.5 Å². The number of benzene rings is 1. The highest BCUT2D eigenvalue weighted by molar-refractivity contribution is 9.10. The second-order valence-electron chi connectivity index (χ2n) is 5.42. The predicted molar refractivity (Wildman–Crippen MR) is 94.6 cm³/mol. The van der Waals surface area contributed by atoms with E-state index < -0.39 is 0 Å². The first-order chi connectivity index (χ1) is 10.6. The molecule has 0 aliphatic rings. The van der Waals surface area contributed by atoms with Crippen LogP contribution < -0.4 is 4.74 Å². The molecule has 0 aliphatic heterocycles. The first kappa shape index (κ1) is 17.4. The second-order valence-corrected chi connectivity index (χ2v) is 6.62. The van der Waals surface area contributed by atoms with Crippen LogP contribution in [0.25, 0.3) is 10.9 Å². The number of aromatic nitrogens is 1. The van der Waals surface area contributed by atoms with Crippen LogP contribution in [0.1, 0.15) is 51.9 Å². The average Bonchev–Trinajstić information content (AvgIpc) is 2.80. The number of carbonyl (C=O) groups is 1. The molecule has 0 aliphatic carbocycles. The molecule has 0 saturated carbocycles. The number of hydrogen-bond acceptors (Lipinski definition) is 2. The Morgan fingerprint density at radius 3 is 2.73 bits per heavy atom. The van der Waals surface area contributed by atoms with Crippen LogP contribution in [0.3, 0.4) is 0 Å². The normalized spacial score (nSPS) is 11.0. The Morgan fingerprint density at radius 2 is 1.95 bits per heavy atom. The van der Waals surface area contributed by atoms with Gasteiger partial charge in [0.25, 0.3) is 0 Å². The summed E-state index contributed by atoms with van der Waals surface area (Å²) in [5.74, 6) is 0.272. The molecule has 1 N–H and O–H groups in total. The summed E-state index contributed by atoms with van der Waals surface area (Å²) in [7, 11) is 0. The number of aromatic amines is 1. The molecule has 1 aromatic carbocycles. The van der Waals surface area contributed by atoms with Crippen LogP contribution in [0.5, 0.6) is 5.75 Å². The molecule has 22 heavy (non-hydrogen) atoms. The minimum absolute atomic E-state index is 0.211. The Labute approximate surface area is 144 Å². The zero-order valence-corrected chi connectivity index (χ0v) is 15.1. The van der Waals surface area contributed by atoms with Crippen LogP contribution in [0.15, 0.2) is 22.8 Å². The SMILES string of the molecule is CCCCCCCCC(=O)Oc1c(Br)[nH]c2cccc(Cl)c12. The number of fused-ring (bicyclic) bond motifs is 1. The maximum atomic E-state index is 12.0. The number of halogens is 2. The first-order valence-electron chi connectivity index (χ1n) is 7.80. The summed E-state index contributed by atoms with van der Waals surface area (Å²) in [5, 5.41) is 1.31. The maximum absolute atomic E-state index is 12.0. The van der Waals surface area contributed by atoms with Crippen molar-refractivity contribution in [2.24, 2.45) is 0 Å². The van der Waals surface area contributed by atoms with Gasteiger partial charge in [-0.15, -0.1) is 0 Å². The highest BCUT2D eigenvalue weighted by atomic mass is 79.9. The van der Waals surface area contributed by atoms with Gasteiger partial charge >= 0.3 is 5.97 Å². The third kappa shape index (κ3) is 4.50. The summed E-state index contributed by atoms with van der Waals surface area (Å²) < 4.78 is 6.15. The van der Waals surface area contributed by atoms with Crippen LogP contribution in [0.4, 0.5) is 0 Å². The molecule has 1 aromatic heterocycles. The van der Waals surface area contributed by atoms with Crippen LogP contribution in [-0.4, -0.2) is 11.0 Å². The Kier molecular flexibility index (Phi) is 6.77. The lowest BCUT2D eigenvalue weighted by Crippen LogP contribution is -2.07. The number of unbranched alkanes of at least 4 members (excludes halogenated alkanes) is 5. The van der Waals surface area contributed by atoms with E-state index in [-0.39, 0.29) is 5.97 Å². The van der Waals surface area contributed by atoms with Gasteiger partial charge in [0.2, 0.25) is 0 Å². The smallest absolute Gasteiger partial charge is 0.311 e. The van der Waals surface area contributed by atoms with Crippen molar-refractivity contribution in [2.45, 2.75) is 51.9 Å². The molecule has 3 nitrogen and oxygen atoms in total. The maximum Gasteiger partial charge on any atom is 0.311 e. The summed E-state index contributed by atoms with van der Waals surface area (Å²) in [6.45, 7) is 2.20. The van der Waals surface area contributed by atoms with Crippen molar-refractivity contribution in [3.63, 3.8) is 0 Å². The summed E-state index contributed by atoms with van der Waals surface area (Å²) >= 11 is 9.59. The zero-order chi connectivity index (χ0) is 15.9. The minimum Gasteiger partial charge on any atom is -0.423 e. The first-order valence-corrected chi connectivity index (χ1v) is 8.97. The van der Waals surface area contributed by atoms with Crippen molar-refractivity contribution in [1.29, 1.82) is 0 Å². The van der Waals surface area contributed by atoms with E-state index in [1.807, 2.05) is 12.1 Å². The molecule has 0 fully saturated rings. The molecule has 0 bridgehead atoms.